The number of thiocarbonyl (C=S) groups is 1. The van der Waals surface area contributed by atoms with Gasteiger partial charge in [-0.1, -0.05) is 17.7 Å². The van der Waals surface area contributed by atoms with Gasteiger partial charge in [-0.3, -0.25) is 4.79 Å². The van der Waals surface area contributed by atoms with Crippen LogP contribution in [0.1, 0.15) is 28.3 Å². The molecule has 1 unspecified atom stereocenters. The lowest BCUT2D eigenvalue weighted by molar-refractivity contribution is -0.120. The quantitative estimate of drug-likeness (QED) is 0.726. The van der Waals surface area contributed by atoms with Crippen LogP contribution in [0.4, 0.5) is 0 Å². The van der Waals surface area contributed by atoms with Crippen LogP contribution in [0.15, 0.2) is 12.1 Å². The monoisotopic (exact) mass is 234 g/mol. The standard InChI is InChI=1S/C12H14N2OS/c1-6-4-7(2)9(8(3)5-6)10-11(15)14-12(16)13-10/h4-5,10H,1-3H3,(H2,13,14,15,16). The van der Waals surface area contributed by atoms with Crippen molar-refractivity contribution in [1.29, 1.82) is 0 Å². The fourth-order valence-corrected chi connectivity index (χ4v) is 2.49. The van der Waals surface area contributed by atoms with Gasteiger partial charge in [-0.25, -0.2) is 0 Å². The van der Waals surface area contributed by atoms with E-state index in [0.717, 1.165) is 16.7 Å². The third-order valence-electron chi connectivity index (χ3n) is 2.80. The van der Waals surface area contributed by atoms with Crippen molar-refractivity contribution in [2.24, 2.45) is 0 Å². The van der Waals surface area contributed by atoms with E-state index in [-0.39, 0.29) is 11.9 Å². The first-order valence-electron chi connectivity index (χ1n) is 5.18. The fourth-order valence-electron chi connectivity index (χ4n) is 2.27. The summed E-state index contributed by atoms with van der Waals surface area (Å²) in [6, 6.07) is 3.82. The van der Waals surface area contributed by atoms with Crippen LogP contribution in [0.5, 0.6) is 0 Å². The van der Waals surface area contributed by atoms with Gasteiger partial charge in [-0.2, -0.15) is 0 Å². The summed E-state index contributed by atoms with van der Waals surface area (Å²) in [5, 5.41) is 6.02. The number of nitrogens with one attached hydrogen (secondary N) is 2. The van der Waals surface area contributed by atoms with Crippen LogP contribution in [-0.2, 0) is 4.79 Å². The minimum absolute atomic E-state index is 0.0694. The van der Waals surface area contributed by atoms with Gasteiger partial charge in [0.15, 0.2) is 5.11 Å². The van der Waals surface area contributed by atoms with Crippen LogP contribution < -0.4 is 10.6 Å². The number of amides is 1. The Morgan fingerprint density at radius 1 is 1.19 bits per heavy atom. The molecular weight excluding hydrogens is 220 g/mol. The largest absolute Gasteiger partial charge is 0.347 e. The molecule has 1 aromatic rings. The molecule has 0 spiro atoms. The van der Waals surface area contributed by atoms with E-state index >= 15 is 0 Å². The summed E-state index contributed by atoms with van der Waals surface area (Å²) in [5.41, 5.74) is 4.48. The molecule has 16 heavy (non-hydrogen) atoms. The Bertz CT molecular complexity index is 459. The van der Waals surface area contributed by atoms with Crippen molar-refractivity contribution < 1.29 is 4.79 Å². The van der Waals surface area contributed by atoms with Crippen molar-refractivity contribution in [2.75, 3.05) is 0 Å². The molecule has 1 heterocycles. The van der Waals surface area contributed by atoms with E-state index in [1.807, 2.05) is 13.8 Å². The Kier molecular flexibility index (Phi) is 2.68. The number of carbonyl (C=O) groups is 1. The Morgan fingerprint density at radius 2 is 1.75 bits per heavy atom. The summed E-state index contributed by atoms with van der Waals surface area (Å²) in [5.74, 6) is -0.0694. The highest BCUT2D eigenvalue weighted by Gasteiger charge is 2.30. The second-order valence-corrected chi connectivity index (χ2v) is 4.62. The van der Waals surface area contributed by atoms with Crippen LogP contribution in [0.3, 0.4) is 0 Å². The second-order valence-electron chi connectivity index (χ2n) is 4.21. The molecule has 2 N–H and O–H groups in total. The van der Waals surface area contributed by atoms with Gasteiger partial charge in [-0.15, -0.1) is 0 Å². The molecular formula is C12H14N2OS. The van der Waals surface area contributed by atoms with Crippen LogP contribution in [0.25, 0.3) is 0 Å². The van der Waals surface area contributed by atoms with Crippen molar-refractivity contribution >= 4 is 23.2 Å². The minimum Gasteiger partial charge on any atom is -0.347 e. The smallest absolute Gasteiger partial charge is 0.253 e. The van der Waals surface area contributed by atoms with Gasteiger partial charge in [0.2, 0.25) is 0 Å². The van der Waals surface area contributed by atoms with E-state index < -0.39 is 0 Å². The highest BCUT2D eigenvalue weighted by molar-refractivity contribution is 7.80. The average Bonchev–Trinajstić information content (AvgIpc) is 2.43. The summed E-state index contributed by atoms with van der Waals surface area (Å²) in [6.45, 7) is 6.09. The molecule has 0 radical (unpaired) electrons. The second kappa shape index (κ2) is 3.87. The van der Waals surface area contributed by atoms with Crippen LogP contribution >= 0.6 is 12.2 Å². The summed E-state index contributed by atoms with van der Waals surface area (Å²) >= 11 is 4.94. The maximum Gasteiger partial charge on any atom is 0.253 e. The predicted octanol–water partition coefficient (Wildman–Crippen LogP) is 1.66. The highest BCUT2D eigenvalue weighted by atomic mass is 32.1. The van der Waals surface area contributed by atoms with E-state index in [9.17, 15) is 4.79 Å². The topological polar surface area (TPSA) is 41.1 Å². The van der Waals surface area contributed by atoms with E-state index in [4.69, 9.17) is 12.2 Å². The molecule has 4 heteroatoms. The number of hydrogen-bond donors (Lipinski definition) is 2. The molecule has 1 atom stereocenters. The lowest BCUT2D eigenvalue weighted by Gasteiger charge is -2.15. The predicted molar refractivity (Wildman–Crippen MR) is 67.3 cm³/mol. The molecule has 0 bridgehead atoms. The Hall–Kier alpha value is -1.42. The zero-order valence-corrected chi connectivity index (χ0v) is 10.4. The molecule has 3 nitrogen and oxygen atoms in total. The third kappa shape index (κ3) is 1.80. The average molecular weight is 234 g/mol. The van der Waals surface area contributed by atoms with Crippen LogP contribution in [0.2, 0.25) is 0 Å². The first kappa shape index (κ1) is 11.1. The van der Waals surface area contributed by atoms with Crippen LogP contribution in [0, 0.1) is 20.8 Å². The summed E-state index contributed by atoms with van der Waals surface area (Å²) in [4.78, 5) is 11.7. The Morgan fingerprint density at radius 3 is 2.19 bits per heavy atom. The highest BCUT2D eigenvalue weighted by Crippen LogP contribution is 2.25. The molecule has 1 aliphatic rings. The van der Waals surface area contributed by atoms with Gasteiger partial charge in [0.1, 0.15) is 6.04 Å². The van der Waals surface area contributed by atoms with E-state index in [1.165, 1.54) is 5.56 Å². The molecule has 84 valence electrons. The summed E-state index contributed by atoms with van der Waals surface area (Å²) in [7, 11) is 0. The maximum absolute atomic E-state index is 11.7. The van der Waals surface area contributed by atoms with Crippen molar-refractivity contribution in [3.8, 4) is 0 Å². The molecule has 1 aliphatic heterocycles. The molecule has 1 fully saturated rings. The minimum atomic E-state index is -0.340. The number of benzene rings is 1. The molecule has 0 aliphatic carbocycles. The van der Waals surface area contributed by atoms with Gasteiger partial charge in [-0.05, 0) is 49.7 Å². The fraction of sp³-hybridized carbons (Fsp3) is 0.333. The Labute approximate surface area is 100 Å². The zero-order valence-electron chi connectivity index (χ0n) is 9.55. The third-order valence-corrected chi connectivity index (χ3v) is 3.02. The SMILES string of the molecule is Cc1cc(C)c(C2NC(=S)NC2=O)c(C)c1. The Balaban J connectivity index is 2.48. The molecule has 1 saturated heterocycles. The number of aryl methyl sites for hydroxylation is 3. The molecule has 1 aromatic carbocycles. The van der Waals surface area contributed by atoms with Gasteiger partial charge in [0, 0.05) is 0 Å². The van der Waals surface area contributed by atoms with Gasteiger partial charge in [0.25, 0.3) is 5.91 Å². The van der Waals surface area contributed by atoms with E-state index in [1.54, 1.807) is 0 Å². The van der Waals surface area contributed by atoms with Gasteiger partial charge >= 0.3 is 0 Å². The number of carbonyl (C=O) groups excluding carboxylic acids is 1. The summed E-state index contributed by atoms with van der Waals surface area (Å²) in [6.07, 6.45) is 0. The summed E-state index contributed by atoms with van der Waals surface area (Å²) < 4.78 is 0. The van der Waals surface area contributed by atoms with Gasteiger partial charge in [0.05, 0.1) is 0 Å². The van der Waals surface area contributed by atoms with E-state index in [2.05, 4.69) is 29.7 Å². The molecule has 1 amide bonds. The normalized spacial score (nSPS) is 19.6. The zero-order chi connectivity index (χ0) is 11.9. The number of hydrogen-bond acceptors (Lipinski definition) is 2. The maximum atomic E-state index is 11.7. The van der Waals surface area contributed by atoms with Crippen molar-refractivity contribution in [2.45, 2.75) is 26.8 Å². The van der Waals surface area contributed by atoms with Gasteiger partial charge < -0.3 is 10.6 Å². The number of rotatable bonds is 1. The van der Waals surface area contributed by atoms with E-state index in [0.29, 0.717) is 5.11 Å². The van der Waals surface area contributed by atoms with Crippen molar-refractivity contribution in [3.63, 3.8) is 0 Å². The molecule has 0 aromatic heterocycles. The lowest BCUT2D eigenvalue weighted by Crippen LogP contribution is -2.22. The first-order valence-corrected chi connectivity index (χ1v) is 5.59. The lowest BCUT2D eigenvalue weighted by atomic mass is 9.94. The van der Waals surface area contributed by atoms with Crippen molar-refractivity contribution in [1.82, 2.24) is 10.6 Å². The van der Waals surface area contributed by atoms with Crippen LogP contribution in [-0.4, -0.2) is 11.0 Å². The van der Waals surface area contributed by atoms with Crippen molar-refractivity contribution in [3.05, 3.63) is 34.4 Å². The molecule has 0 saturated carbocycles. The first-order chi connectivity index (χ1) is 7.49. The molecule has 2 rings (SSSR count).